The van der Waals surface area contributed by atoms with E-state index in [0.29, 0.717) is 0 Å². The molecule has 1 N–H and O–H groups in total. The standard InChI is InChI=1S/C15H31N3/c1-3-16-15-7-12-18(13-14(15)2)11-6-10-17-8-4-5-9-17/h14-16H,3-13H2,1-2H3. The average molecular weight is 253 g/mol. The molecule has 0 amide bonds. The molecule has 0 bridgehead atoms. The van der Waals surface area contributed by atoms with Gasteiger partial charge in [0, 0.05) is 12.6 Å². The quantitative estimate of drug-likeness (QED) is 0.778. The van der Waals surface area contributed by atoms with E-state index in [0.717, 1.165) is 18.5 Å². The Morgan fingerprint density at radius 3 is 2.44 bits per heavy atom. The summed E-state index contributed by atoms with van der Waals surface area (Å²) in [6.45, 7) is 13.6. The minimum absolute atomic E-state index is 0.754. The third kappa shape index (κ3) is 4.22. The minimum Gasteiger partial charge on any atom is -0.314 e. The summed E-state index contributed by atoms with van der Waals surface area (Å²) in [6, 6.07) is 0.754. The lowest BCUT2D eigenvalue weighted by Crippen LogP contribution is -2.48. The fourth-order valence-electron chi connectivity index (χ4n) is 3.52. The first kappa shape index (κ1) is 14.3. The molecule has 3 nitrogen and oxygen atoms in total. The second-order valence-electron chi connectivity index (χ2n) is 6.13. The van der Waals surface area contributed by atoms with Crippen LogP contribution in [-0.4, -0.2) is 61.7 Å². The van der Waals surface area contributed by atoms with Gasteiger partial charge in [-0.25, -0.2) is 0 Å². The molecule has 0 saturated carbocycles. The van der Waals surface area contributed by atoms with E-state index in [9.17, 15) is 0 Å². The average Bonchev–Trinajstić information content (AvgIpc) is 2.86. The molecule has 3 heteroatoms. The van der Waals surface area contributed by atoms with Crippen LogP contribution >= 0.6 is 0 Å². The van der Waals surface area contributed by atoms with Crippen molar-refractivity contribution in [3.8, 4) is 0 Å². The highest BCUT2D eigenvalue weighted by molar-refractivity contribution is 4.82. The summed E-state index contributed by atoms with van der Waals surface area (Å²) in [5, 5.41) is 3.62. The Balaban J connectivity index is 1.59. The summed E-state index contributed by atoms with van der Waals surface area (Å²) in [5.41, 5.74) is 0. The molecule has 0 aromatic heterocycles. The summed E-state index contributed by atoms with van der Waals surface area (Å²) in [6.07, 6.45) is 5.54. The predicted octanol–water partition coefficient (Wildman–Crippen LogP) is 1.79. The molecular weight excluding hydrogens is 222 g/mol. The third-order valence-electron chi connectivity index (χ3n) is 4.60. The number of hydrogen-bond donors (Lipinski definition) is 1. The molecule has 2 atom stereocenters. The fourth-order valence-corrected chi connectivity index (χ4v) is 3.52. The Labute approximate surface area is 113 Å². The zero-order valence-electron chi connectivity index (χ0n) is 12.3. The van der Waals surface area contributed by atoms with Crippen LogP contribution in [0.1, 0.15) is 39.5 Å². The molecule has 0 aromatic carbocycles. The van der Waals surface area contributed by atoms with Crippen molar-refractivity contribution in [2.75, 3.05) is 45.8 Å². The Morgan fingerprint density at radius 2 is 1.78 bits per heavy atom. The van der Waals surface area contributed by atoms with Crippen molar-refractivity contribution >= 4 is 0 Å². The van der Waals surface area contributed by atoms with Crippen LogP contribution < -0.4 is 5.32 Å². The second-order valence-corrected chi connectivity index (χ2v) is 6.13. The number of piperidine rings is 1. The molecule has 2 saturated heterocycles. The van der Waals surface area contributed by atoms with Gasteiger partial charge >= 0.3 is 0 Å². The molecule has 2 fully saturated rings. The number of likely N-dealkylation sites (tertiary alicyclic amines) is 2. The first-order chi connectivity index (χ1) is 8.79. The van der Waals surface area contributed by atoms with Gasteiger partial charge in [-0.2, -0.15) is 0 Å². The SMILES string of the molecule is CCNC1CCN(CCCN2CCCC2)CC1C. The second kappa shape index (κ2) is 7.46. The Bertz CT molecular complexity index is 226. The van der Waals surface area contributed by atoms with Gasteiger partial charge in [-0.15, -0.1) is 0 Å². The summed E-state index contributed by atoms with van der Waals surface area (Å²) in [4.78, 5) is 5.31. The van der Waals surface area contributed by atoms with E-state index in [4.69, 9.17) is 0 Å². The zero-order valence-corrected chi connectivity index (χ0v) is 12.3. The van der Waals surface area contributed by atoms with Gasteiger partial charge in [0.15, 0.2) is 0 Å². The minimum atomic E-state index is 0.754. The van der Waals surface area contributed by atoms with Gasteiger partial charge in [0.05, 0.1) is 0 Å². The van der Waals surface area contributed by atoms with Crippen LogP contribution in [0.2, 0.25) is 0 Å². The van der Waals surface area contributed by atoms with Gasteiger partial charge in [0.2, 0.25) is 0 Å². The van der Waals surface area contributed by atoms with Gasteiger partial charge in [-0.1, -0.05) is 13.8 Å². The van der Waals surface area contributed by atoms with Crippen LogP contribution in [0.5, 0.6) is 0 Å². The highest BCUT2D eigenvalue weighted by atomic mass is 15.2. The van der Waals surface area contributed by atoms with Crippen LogP contribution in [0.25, 0.3) is 0 Å². The van der Waals surface area contributed by atoms with Gasteiger partial charge in [-0.05, 0) is 70.9 Å². The van der Waals surface area contributed by atoms with E-state index in [1.165, 1.54) is 65.0 Å². The van der Waals surface area contributed by atoms with Crippen LogP contribution in [0.15, 0.2) is 0 Å². The van der Waals surface area contributed by atoms with Gasteiger partial charge < -0.3 is 15.1 Å². The van der Waals surface area contributed by atoms with Crippen molar-refractivity contribution in [2.45, 2.75) is 45.6 Å². The molecular formula is C15H31N3. The van der Waals surface area contributed by atoms with Crippen molar-refractivity contribution in [1.29, 1.82) is 0 Å². The molecule has 2 heterocycles. The molecule has 18 heavy (non-hydrogen) atoms. The monoisotopic (exact) mass is 253 g/mol. The molecule has 0 spiro atoms. The van der Waals surface area contributed by atoms with E-state index in [1.54, 1.807) is 0 Å². The number of nitrogens with one attached hydrogen (secondary N) is 1. The maximum Gasteiger partial charge on any atom is 0.0117 e. The predicted molar refractivity (Wildman–Crippen MR) is 78.0 cm³/mol. The summed E-state index contributed by atoms with van der Waals surface area (Å²) < 4.78 is 0. The summed E-state index contributed by atoms with van der Waals surface area (Å²) >= 11 is 0. The maximum atomic E-state index is 3.62. The Morgan fingerprint density at radius 1 is 1.06 bits per heavy atom. The number of rotatable bonds is 6. The maximum absolute atomic E-state index is 3.62. The molecule has 0 aliphatic carbocycles. The van der Waals surface area contributed by atoms with Crippen molar-refractivity contribution in [2.24, 2.45) is 5.92 Å². The smallest absolute Gasteiger partial charge is 0.0117 e. The van der Waals surface area contributed by atoms with E-state index in [1.807, 2.05) is 0 Å². The van der Waals surface area contributed by atoms with Crippen molar-refractivity contribution < 1.29 is 0 Å². The highest BCUT2D eigenvalue weighted by Gasteiger charge is 2.24. The van der Waals surface area contributed by atoms with Gasteiger partial charge in [0.1, 0.15) is 0 Å². The lowest BCUT2D eigenvalue weighted by atomic mass is 9.94. The van der Waals surface area contributed by atoms with Crippen molar-refractivity contribution in [3.63, 3.8) is 0 Å². The van der Waals surface area contributed by atoms with E-state index in [-0.39, 0.29) is 0 Å². The largest absolute Gasteiger partial charge is 0.314 e. The number of nitrogens with zero attached hydrogens (tertiary/aromatic N) is 2. The molecule has 2 unspecified atom stereocenters. The zero-order chi connectivity index (χ0) is 12.8. The lowest BCUT2D eigenvalue weighted by molar-refractivity contribution is 0.142. The first-order valence-corrected chi connectivity index (χ1v) is 7.97. The van der Waals surface area contributed by atoms with E-state index in [2.05, 4.69) is 29.0 Å². The highest BCUT2D eigenvalue weighted by Crippen LogP contribution is 2.17. The lowest BCUT2D eigenvalue weighted by Gasteiger charge is -2.37. The Hall–Kier alpha value is -0.120. The Kier molecular flexibility index (Phi) is 5.93. The van der Waals surface area contributed by atoms with Crippen LogP contribution in [0, 0.1) is 5.92 Å². The van der Waals surface area contributed by atoms with Crippen LogP contribution in [0.3, 0.4) is 0 Å². The fraction of sp³-hybridized carbons (Fsp3) is 1.00. The van der Waals surface area contributed by atoms with Crippen molar-refractivity contribution in [3.05, 3.63) is 0 Å². The molecule has 2 aliphatic rings. The van der Waals surface area contributed by atoms with E-state index < -0.39 is 0 Å². The molecule has 106 valence electrons. The first-order valence-electron chi connectivity index (χ1n) is 7.97. The summed E-state index contributed by atoms with van der Waals surface area (Å²) in [7, 11) is 0. The number of hydrogen-bond acceptors (Lipinski definition) is 3. The van der Waals surface area contributed by atoms with Gasteiger partial charge in [-0.3, -0.25) is 0 Å². The van der Waals surface area contributed by atoms with Crippen LogP contribution in [-0.2, 0) is 0 Å². The molecule has 0 aromatic rings. The van der Waals surface area contributed by atoms with Crippen molar-refractivity contribution in [1.82, 2.24) is 15.1 Å². The third-order valence-corrected chi connectivity index (χ3v) is 4.60. The van der Waals surface area contributed by atoms with E-state index >= 15 is 0 Å². The molecule has 0 radical (unpaired) electrons. The van der Waals surface area contributed by atoms with Gasteiger partial charge in [0.25, 0.3) is 0 Å². The van der Waals surface area contributed by atoms with Crippen LogP contribution in [0.4, 0.5) is 0 Å². The molecule has 2 aliphatic heterocycles. The normalized spacial score (nSPS) is 31.0. The molecule has 2 rings (SSSR count). The topological polar surface area (TPSA) is 18.5 Å². The summed E-state index contributed by atoms with van der Waals surface area (Å²) in [5.74, 6) is 0.811.